The van der Waals surface area contributed by atoms with Crippen LogP contribution in [0.2, 0.25) is 0 Å². The molecule has 3 N–H and O–H groups in total. The summed E-state index contributed by atoms with van der Waals surface area (Å²) in [6.45, 7) is 3.91. The summed E-state index contributed by atoms with van der Waals surface area (Å²) in [4.78, 5) is 0. The van der Waals surface area contributed by atoms with Gasteiger partial charge in [0.2, 0.25) is 0 Å². The van der Waals surface area contributed by atoms with Crippen molar-refractivity contribution in [2.45, 2.75) is 6.42 Å². The van der Waals surface area contributed by atoms with Crippen LogP contribution in [0, 0.1) is 0 Å². The highest BCUT2D eigenvalue weighted by Crippen LogP contribution is 2.13. The third-order valence-electron chi connectivity index (χ3n) is 3.06. The molecule has 0 radical (unpaired) electrons. The van der Waals surface area contributed by atoms with Crippen LogP contribution in [0.15, 0.2) is 101 Å². The maximum atomic E-state index is 5.88. The predicted octanol–water partition coefficient (Wildman–Crippen LogP) is 3.51. The van der Waals surface area contributed by atoms with Crippen LogP contribution in [0.4, 0.5) is 0 Å². The summed E-state index contributed by atoms with van der Waals surface area (Å²) in [5, 5.41) is 3.09. The van der Waals surface area contributed by atoms with Crippen molar-refractivity contribution in [2.24, 2.45) is 5.73 Å². The molecule has 0 saturated carbocycles. The fraction of sp³-hybridized carbons (Fsp3) is 0.105. The van der Waals surface area contributed by atoms with E-state index in [1.807, 2.05) is 54.8 Å². The van der Waals surface area contributed by atoms with E-state index in [4.69, 9.17) is 10.5 Å². The number of nitrogens with one attached hydrogen (secondary N) is 1. The van der Waals surface area contributed by atoms with E-state index in [0.717, 1.165) is 23.3 Å². The Morgan fingerprint density at radius 1 is 1.23 bits per heavy atom. The smallest absolute Gasteiger partial charge is 0.163 e. The summed E-state index contributed by atoms with van der Waals surface area (Å²) in [5.74, 6) is 0.617. The number of hydrogen-bond donors (Lipinski definition) is 2. The van der Waals surface area contributed by atoms with Crippen LogP contribution in [-0.2, 0) is 4.74 Å². The monoisotopic (exact) mass is 292 g/mol. The minimum atomic E-state index is 0.543. The summed E-state index contributed by atoms with van der Waals surface area (Å²) in [6.07, 6.45) is 20.6. The van der Waals surface area contributed by atoms with Gasteiger partial charge in [0, 0.05) is 5.70 Å². The van der Waals surface area contributed by atoms with Crippen LogP contribution < -0.4 is 11.1 Å². The normalized spacial score (nSPS) is 23.6. The lowest BCUT2D eigenvalue weighted by Crippen LogP contribution is -1.99. The first kappa shape index (κ1) is 15.5. The number of nitrogens with two attached hydrogens (primary N) is 1. The standard InChI is InChI=1S/C19H20N2O/c1-15-6-7-16(5-3-4-12-21-15)8-9-17-10-11-19(22-2)14-18(20)13-17/h4-13,21H,1,3,20H2,2H3/b7-6-,9-8-,12-4-,16-5+. The zero-order valence-electron chi connectivity index (χ0n) is 12.7. The van der Waals surface area contributed by atoms with E-state index < -0.39 is 0 Å². The molecule has 2 aliphatic rings. The quantitative estimate of drug-likeness (QED) is 0.782. The molecule has 22 heavy (non-hydrogen) atoms. The van der Waals surface area contributed by atoms with Crippen molar-refractivity contribution in [3.8, 4) is 0 Å². The Labute approximate surface area is 131 Å². The summed E-state index contributed by atoms with van der Waals surface area (Å²) in [6, 6.07) is 0. The minimum absolute atomic E-state index is 0.543. The zero-order valence-corrected chi connectivity index (χ0v) is 12.7. The lowest BCUT2D eigenvalue weighted by Gasteiger charge is -1.97. The van der Waals surface area contributed by atoms with Gasteiger partial charge in [0.05, 0.1) is 12.8 Å². The van der Waals surface area contributed by atoms with Gasteiger partial charge in [-0.15, -0.1) is 0 Å². The van der Waals surface area contributed by atoms with Gasteiger partial charge in [0.25, 0.3) is 0 Å². The fourth-order valence-electron chi connectivity index (χ4n) is 1.91. The molecule has 0 atom stereocenters. The van der Waals surface area contributed by atoms with E-state index in [1.54, 1.807) is 7.11 Å². The van der Waals surface area contributed by atoms with Crippen LogP contribution in [0.1, 0.15) is 6.42 Å². The molecular weight excluding hydrogens is 272 g/mol. The fourth-order valence-corrected chi connectivity index (χ4v) is 1.91. The molecule has 1 aliphatic carbocycles. The molecule has 0 fully saturated rings. The SMILES string of the molecule is C=C1\C=C/C(/C=C\C2=CC(N)=C=C(OC)C=C2)=C\C/C=C\N1. The lowest BCUT2D eigenvalue weighted by molar-refractivity contribution is 0.308. The van der Waals surface area contributed by atoms with Gasteiger partial charge in [-0.3, -0.25) is 0 Å². The van der Waals surface area contributed by atoms with Gasteiger partial charge in [0.1, 0.15) is 0 Å². The molecule has 112 valence electrons. The highest BCUT2D eigenvalue weighted by atomic mass is 16.5. The number of allylic oxidation sites excluding steroid dienone is 10. The molecule has 1 heterocycles. The topological polar surface area (TPSA) is 47.3 Å². The second-order valence-electron chi connectivity index (χ2n) is 4.80. The Morgan fingerprint density at radius 3 is 2.82 bits per heavy atom. The molecule has 0 amide bonds. The van der Waals surface area contributed by atoms with Gasteiger partial charge < -0.3 is 15.8 Å². The van der Waals surface area contributed by atoms with Crippen LogP contribution >= 0.6 is 0 Å². The van der Waals surface area contributed by atoms with Crippen LogP contribution in [-0.4, -0.2) is 7.11 Å². The molecule has 0 aromatic rings. The van der Waals surface area contributed by atoms with Crippen molar-refractivity contribution in [2.75, 3.05) is 7.11 Å². The number of hydrogen-bond acceptors (Lipinski definition) is 3. The van der Waals surface area contributed by atoms with Gasteiger partial charge in [0.15, 0.2) is 5.76 Å². The van der Waals surface area contributed by atoms with Crippen molar-refractivity contribution in [3.63, 3.8) is 0 Å². The van der Waals surface area contributed by atoms with Crippen molar-refractivity contribution < 1.29 is 4.74 Å². The molecule has 2 rings (SSSR count). The van der Waals surface area contributed by atoms with Gasteiger partial charge in [-0.2, -0.15) is 0 Å². The number of rotatable bonds is 3. The van der Waals surface area contributed by atoms with E-state index in [1.165, 1.54) is 0 Å². The summed E-state index contributed by atoms with van der Waals surface area (Å²) in [7, 11) is 1.60. The van der Waals surface area contributed by atoms with Crippen LogP contribution in [0.3, 0.4) is 0 Å². The van der Waals surface area contributed by atoms with Gasteiger partial charge in [-0.25, -0.2) is 0 Å². The lowest BCUT2D eigenvalue weighted by atomic mass is 10.1. The van der Waals surface area contributed by atoms with Crippen molar-refractivity contribution in [1.29, 1.82) is 0 Å². The van der Waals surface area contributed by atoms with E-state index in [0.29, 0.717) is 11.5 Å². The molecule has 3 nitrogen and oxygen atoms in total. The first-order chi connectivity index (χ1) is 10.7. The third kappa shape index (κ3) is 4.89. The molecule has 0 aromatic heterocycles. The molecule has 0 unspecified atom stereocenters. The molecule has 0 bridgehead atoms. The average molecular weight is 292 g/mol. The average Bonchev–Trinajstić information content (AvgIpc) is 2.62. The van der Waals surface area contributed by atoms with Crippen molar-refractivity contribution in [3.05, 3.63) is 101 Å². The Morgan fingerprint density at radius 2 is 2.00 bits per heavy atom. The largest absolute Gasteiger partial charge is 0.489 e. The maximum Gasteiger partial charge on any atom is 0.163 e. The van der Waals surface area contributed by atoms with E-state index in [2.05, 4.69) is 23.7 Å². The second kappa shape index (κ2) is 7.77. The predicted molar refractivity (Wildman–Crippen MR) is 91.4 cm³/mol. The number of methoxy groups -OCH3 is 1. The second-order valence-corrected chi connectivity index (χ2v) is 4.80. The van der Waals surface area contributed by atoms with E-state index in [9.17, 15) is 0 Å². The molecule has 0 saturated heterocycles. The van der Waals surface area contributed by atoms with Crippen molar-refractivity contribution >= 4 is 0 Å². The summed E-state index contributed by atoms with van der Waals surface area (Å²) < 4.78 is 5.15. The third-order valence-corrected chi connectivity index (χ3v) is 3.06. The first-order valence-electron chi connectivity index (χ1n) is 7.04. The molecule has 0 aromatic carbocycles. The molecule has 1 aliphatic heterocycles. The van der Waals surface area contributed by atoms with Gasteiger partial charge >= 0.3 is 0 Å². The molecule has 0 spiro atoms. The van der Waals surface area contributed by atoms with E-state index >= 15 is 0 Å². The van der Waals surface area contributed by atoms with Crippen LogP contribution in [0.5, 0.6) is 0 Å². The molecule has 3 heteroatoms. The maximum absolute atomic E-state index is 5.88. The van der Waals surface area contributed by atoms with E-state index in [-0.39, 0.29) is 0 Å². The Bertz CT molecular complexity index is 691. The highest BCUT2D eigenvalue weighted by molar-refractivity contribution is 5.45. The van der Waals surface area contributed by atoms with Crippen LogP contribution in [0.25, 0.3) is 0 Å². The summed E-state index contributed by atoms with van der Waals surface area (Å²) in [5.41, 5.74) is 12.3. The Kier molecular flexibility index (Phi) is 5.47. The van der Waals surface area contributed by atoms with Crippen molar-refractivity contribution in [1.82, 2.24) is 5.32 Å². The summed E-state index contributed by atoms with van der Waals surface area (Å²) >= 11 is 0. The Balaban J connectivity index is 2.16. The highest BCUT2D eigenvalue weighted by Gasteiger charge is 1.97. The number of ether oxygens (including phenoxy) is 1. The first-order valence-corrected chi connectivity index (χ1v) is 7.04. The van der Waals surface area contributed by atoms with Gasteiger partial charge in [-0.05, 0) is 42.0 Å². The van der Waals surface area contributed by atoms with Gasteiger partial charge in [-0.1, -0.05) is 48.8 Å². The zero-order chi connectivity index (χ0) is 15.8. The molecular formula is C19H20N2O. The minimum Gasteiger partial charge on any atom is -0.489 e. The Hall–Kier alpha value is -2.90.